The number of rotatable bonds is 5. The van der Waals surface area contributed by atoms with Crippen LogP contribution >= 0.6 is 0 Å². The van der Waals surface area contributed by atoms with E-state index >= 15 is 0 Å². The molecule has 4 rings (SSSR count). The van der Waals surface area contributed by atoms with Crippen molar-refractivity contribution in [3.63, 3.8) is 0 Å². The van der Waals surface area contributed by atoms with Crippen molar-refractivity contribution in [1.29, 1.82) is 0 Å². The average Bonchev–Trinajstić information content (AvgIpc) is 2.80. The summed E-state index contributed by atoms with van der Waals surface area (Å²) in [6.07, 6.45) is 4.30. The van der Waals surface area contributed by atoms with Crippen LogP contribution in [0.4, 0.5) is 27.9 Å². The minimum absolute atomic E-state index is 0.0699. The quantitative estimate of drug-likeness (QED) is 0.656. The number of nitrogens with zero attached hydrogens (tertiary/aromatic N) is 5. The Labute approximate surface area is 182 Å². The van der Waals surface area contributed by atoms with E-state index in [0.717, 1.165) is 29.3 Å². The van der Waals surface area contributed by atoms with Crippen molar-refractivity contribution in [2.45, 2.75) is 20.3 Å². The molecule has 1 aliphatic heterocycles. The highest BCUT2D eigenvalue weighted by Gasteiger charge is 2.22. The monoisotopic (exact) mass is 417 g/mol. The highest BCUT2D eigenvalue weighted by Crippen LogP contribution is 2.19. The molecule has 2 aromatic heterocycles. The Balaban J connectivity index is 1.33. The number of anilines is 4. The lowest BCUT2D eigenvalue weighted by Gasteiger charge is -2.35. The van der Waals surface area contributed by atoms with Gasteiger partial charge in [0.15, 0.2) is 0 Å². The van der Waals surface area contributed by atoms with Crippen molar-refractivity contribution in [3.8, 4) is 0 Å². The number of carbonyl (C=O) groups is 1. The van der Waals surface area contributed by atoms with Gasteiger partial charge in [-0.1, -0.05) is 19.1 Å². The molecule has 0 radical (unpaired) electrons. The van der Waals surface area contributed by atoms with Crippen LogP contribution in [-0.4, -0.2) is 52.1 Å². The van der Waals surface area contributed by atoms with Crippen LogP contribution < -0.4 is 15.5 Å². The normalized spacial score (nSPS) is 13.7. The van der Waals surface area contributed by atoms with Gasteiger partial charge in [-0.15, -0.1) is 0 Å². The number of hydrogen-bond donors (Lipinski definition) is 2. The second kappa shape index (κ2) is 9.42. The van der Waals surface area contributed by atoms with Crippen molar-refractivity contribution < 1.29 is 4.79 Å². The highest BCUT2D eigenvalue weighted by molar-refractivity contribution is 5.89. The number of nitrogens with one attached hydrogen (secondary N) is 2. The Hall–Kier alpha value is -3.68. The van der Waals surface area contributed by atoms with Gasteiger partial charge in [0.1, 0.15) is 23.8 Å². The van der Waals surface area contributed by atoms with Crippen LogP contribution in [0.3, 0.4) is 0 Å². The van der Waals surface area contributed by atoms with Crippen molar-refractivity contribution in [2.24, 2.45) is 0 Å². The third kappa shape index (κ3) is 5.28. The van der Waals surface area contributed by atoms with E-state index in [0.29, 0.717) is 32.0 Å². The first kappa shape index (κ1) is 20.6. The maximum Gasteiger partial charge on any atom is 0.321 e. The molecule has 3 heterocycles. The first-order valence-corrected chi connectivity index (χ1v) is 10.5. The second-order valence-electron chi connectivity index (χ2n) is 7.56. The van der Waals surface area contributed by atoms with E-state index in [1.165, 1.54) is 5.56 Å². The van der Waals surface area contributed by atoms with Crippen LogP contribution in [0.2, 0.25) is 0 Å². The number of aromatic nitrogens is 3. The summed E-state index contributed by atoms with van der Waals surface area (Å²) in [4.78, 5) is 29.6. The molecule has 3 aromatic rings. The van der Waals surface area contributed by atoms with E-state index in [2.05, 4.69) is 37.4 Å². The largest absolute Gasteiger partial charge is 0.353 e. The zero-order chi connectivity index (χ0) is 21.6. The Morgan fingerprint density at radius 1 is 0.968 bits per heavy atom. The Bertz CT molecular complexity index is 1030. The van der Waals surface area contributed by atoms with E-state index in [9.17, 15) is 4.79 Å². The van der Waals surface area contributed by atoms with Gasteiger partial charge in [-0.3, -0.25) is 0 Å². The van der Waals surface area contributed by atoms with Crippen LogP contribution in [-0.2, 0) is 6.42 Å². The Morgan fingerprint density at radius 3 is 2.42 bits per heavy atom. The molecule has 8 heteroatoms. The average molecular weight is 418 g/mol. The number of benzene rings is 1. The zero-order valence-electron chi connectivity index (χ0n) is 17.9. The fourth-order valence-corrected chi connectivity index (χ4v) is 3.49. The summed E-state index contributed by atoms with van der Waals surface area (Å²) in [6, 6.07) is 13.7. The van der Waals surface area contributed by atoms with Gasteiger partial charge in [0.05, 0.1) is 0 Å². The molecule has 1 aromatic carbocycles. The molecule has 0 spiro atoms. The molecule has 1 aliphatic rings. The third-order valence-electron chi connectivity index (χ3n) is 5.33. The smallest absolute Gasteiger partial charge is 0.321 e. The van der Waals surface area contributed by atoms with E-state index in [-0.39, 0.29) is 6.03 Å². The molecule has 0 unspecified atom stereocenters. The van der Waals surface area contributed by atoms with E-state index in [1.807, 2.05) is 54.3 Å². The molecule has 2 N–H and O–H groups in total. The van der Waals surface area contributed by atoms with Gasteiger partial charge in [0.2, 0.25) is 0 Å². The van der Waals surface area contributed by atoms with Gasteiger partial charge in [-0.25, -0.2) is 19.7 Å². The molecule has 1 fully saturated rings. The van der Waals surface area contributed by atoms with Gasteiger partial charge >= 0.3 is 6.03 Å². The second-order valence-corrected chi connectivity index (χ2v) is 7.56. The maximum atomic E-state index is 12.6. The zero-order valence-corrected chi connectivity index (χ0v) is 17.9. The number of carbonyl (C=O) groups excluding carboxylic acids is 1. The molecule has 0 saturated carbocycles. The van der Waals surface area contributed by atoms with Gasteiger partial charge in [0.25, 0.3) is 0 Å². The predicted octanol–water partition coefficient (Wildman–Crippen LogP) is 3.84. The standard InChI is InChI=1S/C23H27N7O/c1-3-18-4-6-19(7-5-18)27-23(31)30-12-10-29(11-13-30)22-15-21(25-16-26-22)28-20-14-17(2)8-9-24-20/h4-9,14-16H,3,10-13H2,1-2H3,(H,27,31)(H,24,25,26,28). The maximum absolute atomic E-state index is 12.6. The molecule has 8 nitrogen and oxygen atoms in total. The number of hydrogen-bond acceptors (Lipinski definition) is 6. The molecule has 160 valence electrons. The minimum atomic E-state index is -0.0699. The summed E-state index contributed by atoms with van der Waals surface area (Å²) in [5.41, 5.74) is 3.20. The highest BCUT2D eigenvalue weighted by atomic mass is 16.2. The first-order valence-electron chi connectivity index (χ1n) is 10.5. The lowest BCUT2D eigenvalue weighted by atomic mass is 10.1. The first-order chi connectivity index (χ1) is 15.1. The van der Waals surface area contributed by atoms with Crippen LogP contribution in [0.25, 0.3) is 0 Å². The summed E-state index contributed by atoms with van der Waals surface area (Å²) >= 11 is 0. The van der Waals surface area contributed by atoms with Crippen LogP contribution in [0.15, 0.2) is 55.0 Å². The summed E-state index contributed by atoms with van der Waals surface area (Å²) < 4.78 is 0. The number of pyridine rings is 1. The summed E-state index contributed by atoms with van der Waals surface area (Å²) in [6.45, 7) is 6.82. The third-order valence-corrected chi connectivity index (χ3v) is 5.33. The van der Waals surface area contributed by atoms with Gasteiger partial charge in [-0.05, 0) is 48.7 Å². The van der Waals surface area contributed by atoms with Crippen molar-refractivity contribution >= 4 is 29.2 Å². The lowest BCUT2D eigenvalue weighted by Crippen LogP contribution is -2.50. The van der Waals surface area contributed by atoms with Crippen molar-refractivity contribution in [3.05, 3.63) is 66.1 Å². The number of piperazine rings is 1. The molecule has 2 amide bonds. The van der Waals surface area contributed by atoms with Crippen LogP contribution in [0, 0.1) is 6.92 Å². The topological polar surface area (TPSA) is 86.3 Å². The number of aryl methyl sites for hydroxylation is 2. The SMILES string of the molecule is CCc1ccc(NC(=O)N2CCN(c3cc(Nc4cc(C)ccn4)ncn3)CC2)cc1. The molecule has 0 aliphatic carbocycles. The molecular formula is C23H27N7O. The van der Waals surface area contributed by atoms with Crippen molar-refractivity contribution in [1.82, 2.24) is 19.9 Å². The summed E-state index contributed by atoms with van der Waals surface area (Å²) in [7, 11) is 0. The molecule has 31 heavy (non-hydrogen) atoms. The number of urea groups is 1. The molecule has 0 atom stereocenters. The minimum Gasteiger partial charge on any atom is -0.353 e. The molecule has 0 bridgehead atoms. The molecular weight excluding hydrogens is 390 g/mol. The van der Waals surface area contributed by atoms with Gasteiger partial charge in [0, 0.05) is 44.1 Å². The Morgan fingerprint density at radius 2 is 1.71 bits per heavy atom. The number of amides is 2. The summed E-state index contributed by atoms with van der Waals surface area (Å²) in [5.74, 6) is 2.28. The van der Waals surface area contributed by atoms with E-state index < -0.39 is 0 Å². The van der Waals surface area contributed by atoms with E-state index in [1.54, 1.807) is 12.5 Å². The van der Waals surface area contributed by atoms with Crippen molar-refractivity contribution in [2.75, 3.05) is 41.7 Å². The van der Waals surface area contributed by atoms with Gasteiger partial charge < -0.3 is 20.4 Å². The van der Waals surface area contributed by atoms with Crippen LogP contribution in [0.5, 0.6) is 0 Å². The lowest BCUT2D eigenvalue weighted by molar-refractivity contribution is 0.208. The van der Waals surface area contributed by atoms with Gasteiger partial charge in [-0.2, -0.15) is 0 Å². The summed E-state index contributed by atoms with van der Waals surface area (Å²) in [5, 5.41) is 6.21. The van der Waals surface area contributed by atoms with Crippen LogP contribution in [0.1, 0.15) is 18.1 Å². The fraction of sp³-hybridized carbons (Fsp3) is 0.304. The van der Waals surface area contributed by atoms with E-state index in [4.69, 9.17) is 0 Å². The molecule has 1 saturated heterocycles. The fourth-order valence-electron chi connectivity index (χ4n) is 3.49. The Kier molecular flexibility index (Phi) is 6.26. The predicted molar refractivity (Wildman–Crippen MR) is 123 cm³/mol.